The highest BCUT2D eigenvalue weighted by Crippen LogP contribution is 1.95. The highest BCUT2D eigenvalue weighted by molar-refractivity contribution is 7.80. The van der Waals surface area contributed by atoms with Crippen molar-refractivity contribution < 1.29 is 0 Å². The SMILES string of the molecule is CCC(CS)NCC(C)C. The minimum atomic E-state index is 0.603. The van der Waals surface area contributed by atoms with Crippen LogP contribution in [0.25, 0.3) is 0 Å². The van der Waals surface area contributed by atoms with E-state index in [1.54, 1.807) is 0 Å². The third-order valence-corrected chi connectivity index (χ3v) is 1.97. The van der Waals surface area contributed by atoms with E-state index in [4.69, 9.17) is 0 Å². The molecule has 1 nitrogen and oxygen atoms in total. The predicted octanol–water partition coefficient (Wildman–Crippen LogP) is 1.94. The van der Waals surface area contributed by atoms with Crippen molar-refractivity contribution >= 4 is 12.6 Å². The number of hydrogen-bond donors (Lipinski definition) is 2. The minimum absolute atomic E-state index is 0.603. The second kappa shape index (κ2) is 6.05. The van der Waals surface area contributed by atoms with E-state index >= 15 is 0 Å². The standard InChI is InChI=1S/C8H19NS/c1-4-8(6-10)9-5-7(2)3/h7-10H,4-6H2,1-3H3. The zero-order valence-electron chi connectivity index (χ0n) is 7.22. The Hall–Kier alpha value is 0.310. The molecule has 0 aliphatic rings. The van der Waals surface area contributed by atoms with Crippen molar-refractivity contribution in [2.45, 2.75) is 33.2 Å². The molecule has 1 unspecified atom stereocenters. The van der Waals surface area contributed by atoms with Crippen LogP contribution in [0.3, 0.4) is 0 Å². The summed E-state index contributed by atoms with van der Waals surface area (Å²) >= 11 is 4.24. The van der Waals surface area contributed by atoms with Crippen LogP contribution in [0.4, 0.5) is 0 Å². The maximum absolute atomic E-state index is 4.24. The molecule has 0 rings (SSSR count). The topological polar surface area (TPSA) is 12.0 Å². The molecule has 10 heavy (non-hydrogen) atoms. The Bertz CT molecular complexity index is 69.7. The van der Waals surface area contributed by atoms with E-state index in [2.05, 4.69) is 38.7 Å². The van der Waals surface area contributed by atoms with Crippen LogP contribution in [0.1, 0.15) is 27.2 Å². The van der Waals surface area contributed by atoms with Gasteiger partial charge in [0, 0.05) is 11.8 Å². The molecule has 0 aromatic heterocycles. The highest BCUT2D eigenvalue weighted by atomic mass is 32.1. The fourth-order valence-electron chi connectivity index (χ4n) is 0.740. The van der Waals surface area contributed by atoms with Gasteiger partial charge in [-0.3, -0.25) is 0 Å². The van der Waals surface area contributed by atoms with E-state index in [0.717, 1.165) is 18.2 Å². The molecule has 1 N–H and O–H groups in total. The van der Waals surface area contributed by atoms with Crippen molar-refractivity contribution in [3.05, 3.63) is 0 Å². The maximum Gasteiger partial charge on any atom is 0.0153 e. The van der Waals surface area contributed by atoms with Crippen LogP contribution in [0.2, 0.25) is 0 Å². The Labute approximate surface area is 70.0 Å². The Morgan fingerprint density at radius 1 is 1.40 bits per heavy atom. The Morgan fingerprint density at radius 3 is 2.30 bits per heavy atom. The van der Waals surface area contributed by atoms with Gasteiger partial charge in [0.2, 0.25) is 0 Å². The number of rotatable bonds is 5. The summed E-state index contributed by atoms with van der Waals surface area (Å²) < 4.78 is 0. The van der Waals surface area contributed by atoms with Gasteiger partial charge in [-0.25, -0.2) is 0 Å². The first-order valence-electron chi connectivity index (χ1n) is 4.05. The fourth-order valence-corrected chi connectivity index (χ4v) is 1.13. The molecule has 0 aliphatic heterocycles. The van der Waals surface area contributed by atoms with Gasteiger partial charge in [0.25, 0.3) is 0 Å². The molecule has 0 fully saturated rings. The lowest BCUT2D eigenvalue weighted by Crippen LogP contribution is -2.32. The van der Waals surface area contributed by atoms with Gasteiger partial charge in [-0.1, -0.05) is 20.8 Å². The van der Waals surface area contributed by atoms with Crippen LogP contribution in [0.15, 0.2) is 0 Å². The van der Waals surface area contributed by atoms with Crippen molar-refractivity contribution in [2.75, 3.05) is 12.3 Å². The fraction of sp³-hybridized carbons (Fsp3) is 1.00. The molecule has 0 bridgehead atoms. The summed E-state index contributed by atoms with van der Waals surface area (Å²) in [6.07, 6.45) is 1.18. The van der Waals surface area contributed by atoms with Crippen molar-refractivity contribution in [2.24, 2.45) is 5.92 Å². The summed E-state index contributed by atoms with van der Waals surface area (Å²) in [4.78, 5) is 0. The smallest absolute Gasteiger partial charge is 0.0153 e. The Kier molecular flexibility index (Phi) is 6.24. The molecule has 0 saturated carbocycles. The summed E-state index contributed by atoms with van der Waals surface area (Å²) in [5.41, 5.74) is 0. The molecule has 0 amide bonds. The van der Waals surface area contributed by atoms with Crippen molar-refractivity contribution in [1.29, 1.82) is 0 Å². The molecule has 0 aromatic rings. The molecule has 0 heterocycles. The molecule has 62 valence electrons. The van der Waals surface area contributed by atoms with Gasteiger partial charge in [0.15, 0.2) is 0 Å². The lowest BCUT2D eigenvalue weighted by atomic mass is 10.2. The average molecular weight is 161 g/mol. The maximum atomic E-state index is 4.24. The first kappa shape index (κ1) is 10.3. The van der Waals surface area contributed by atoms with Crippen molar-refractivity contribution in [3.63, 3.8) is 0 Å². The first-order valence-corrected chi connectivity index (χ1v) is 4.68. The summed E-state index contributed by atoms with van der Waals surface area (Å²) in [6, 6.07) is 0.603. The van der Waals surface area contributed by atoms with Gasteiger partial charge < -0.3 is 5.32 Å². The van der Waals surface area contributed by atoms with E-state index < -0.39 is 0 Å². The van der Waals surface area contributed by atoms with Crippen LogP contribution in [-0.2, 0) is 0 Å². The summed E-state index contributed by atoms with van der Waals surface area (Å²) in [6.45, 7) is 7.74. The molecule has 0 spiro atoms. The summed E-state index contributed by atoms with van der Waals surface area (Å²) in [7, 11) is 0. The second-order valence-electron chi connectivity index (χ2n) is 3.09. The lowest BCUT2D eigenvalue weighted by molar-refractivity contribution is 0.480. The molecule has 0 aromatic carbocycles. The zero-order chi connectivity index (χ0) is 7.98. The number of thiol groups is 1. The quantitative estimate of drug-likeness (QED) is 0.587. The highest BCUT2D eigenvalue weighted by Gasteiger charge is 2.02. The van der Waals surface area contributed by atoms with Gasteiger partial charge >= 0.3 is 0 Å². The van der Waals surface area contributed by atoms with E-state index in [0.29, 0.717) is 6.04 Å². The molecule has 0 aliphatic carbocycles. The van der Waals surface area contributed by atoms with Crippen LogP contribution in [0, 0.1) is 5.92 Å². The van der Waals surface area contributed by atoms with Gasteiger partial charge in [-0.05, 0) is 18.9 Å². The zero-order valence-corrected chi connectivity index (χ0v) is 8.12. The second-order valence-corrected chi connectivity index (χ2v) is 3.45. The van der Waals surface area contributed by atoms with E-state index in [1.165, 1.54) is 6.42 Å². The first-order chi connectivity index (χ1) is 4.70. The Balaban J connectivity index is 3.26. The normalized spacial score (nSPS) is 14.1. The van der Waals surface area contributed by atoms with Crippen molar-refractivity contribution in [1.82, 2.24) is 5.32 Å². The lowest BCUT2D eigenvalue weighted by Gasteiger charge is -2.15. The van der Waals surface area contributed by atoms with Gasteiger partial charge in [0.1, 0.15) is 0 Å². The van der Waals surface area contributed by atoms with Crippen LogP contribution >= 0.6 is 12.6 Å². The molecular formula is C8H19NS. The molecule has 2 heteroatoms. The molecule has 1 atom stereocenters. The Morgan fingerprint density at radius 2 is 2.00 bits per heavy atom. The summed E-state index contributed by atoms with van der Waals surface area (Å²) in [5, 5.41) is 3.44. The monoisotopic (exact) mass is 161 g/mol. The number of nitrogens with one attached hydrogen (secondary N) is 1. The molecular weight excluding hydrogens is 142 g/mol. The van der Waals surface area contributed by atoms with Crippen LogP contribution < -0.4 is 5.32 Å². The van der Waals surface area contributed by atoms with E-state index in [9.17, 15) is 0 Å². The van der Waals surface area contributed by atoms with Crippen LogP contribution in [0.5, 0.6) is 0 Å². The molecule has 0 saturated heterocycles. The van der Waals surface area contributed by atoms with Gasteiger partial charge in [0.05, 0.1) is 0 Å². The average Bonchev–Trinajstić information content (AvgIpc) is 1.90. The third-order valence-electron chi connectivity index (χ3n) is 1.53. The van der Waals surface area contributed by atoms with E-state index in [1.807, 2.05) is 0 Å². The van der Waals surface area contributed by atoms with Crippen molar-refractivity contribution in [3.8, 4) is 0 Å². The van der Waals surface area contributed by atoms with Gasteiger partial charge in [-0.15, -0.1) is 0 Å². The van der Waals surface area contributed by atoms with E-state index in [-0.39, 0.29) is 0 Å². The summed E-state index contributed by atoms with van der Waals surface area (Å²) in [5.74, 6) is 1.69. The van der Waals surface area contributed by atoms with Gasteiger partial charge in [-0.2, -0.15) is 12.6 Å². The third kappa shape index (κ3) is 5.12. The molecule has 0 radical (unpaired) electrons. The predicted molar refractivity (Wildman–Crippen MR) is 50.8 cm³/mol. The van der Waals surface area contributed by atoms with Crippen LogP contribution in [-0.4, -0.2) is 18.3 Å². The largest absolute Gasteiger partial charge is 0.313 e. The number of hydrogen-bond acceptors (Lipinski definition) is 2. The minimum Gasteiger partial charge on any atom is -0.313 e.